The van der Waals surface area contributed by atoms with Crippen LogP contribution in [0, 0.1) is 11.7 Å². The Morgan fingerprint density at radius 1 is 1.21 bits per heavy atom. The molecule has 7 heteroatoms. The van der Waals surface area contributed by atoms with E-state index in [1.165, 1.54) is 32.4 Å². The van der Waals surface area contributed by atoms with E-state index >= 15 is 0 Å². The van der Waals surface area contributed by atoms with Gasteiger partial charge in [-0.2, -0.15) is 0 Å². The fraction of sp³-hybridized carbons (Fsp3) is 0.409. The largest absolute Gasteiger partial charge is 0.494 e. The molecule has 2 heterocycles. The minimum atomic E-state index is -0.344. The lowest BCUT2D eigenvalue weighted by atomic mass is 9.85. The Bertz CT molecular complexity index is 963. The lowest BCUT2D eigenvalue weighted by Gasteiger charge is -2.31. The highest BCUT2D eigenvalue weighted by molar-refractivity contribution is 7.98. The van der Waals surface area contributed by atoms with Crippen LogP contribution < -0.4 is 4.74 Å². The van der Waals surface area contributed by atoms with Crippen LogP contribution in [0.4, 0.5) is 4.39 Å². The molecule has 29 heavy (non-hydrogen) atoms. The molecular formula is C22H25FN4OS. The van der Waals surface area contributed by atoms with Gasteiger partial charge in [-0.05, 0) is 48.6 Å². The van der Waals surface area contributed by atoms with Gasteiger partial charge in [-0.25, -0.2) is 4.39 Å². The van der Waals surface area contributed by atoms with E-state index in [1.54, 1.807) is 24.0 Å². The minimum Gasteiger partial charge on any atom is -0.494 e. The molecule has 5 nitrogen and oxygen atoms in total. The molecule has 0 radical (unpaired) electrons. The highest BCUT2D eigenvalue weighted by atomic mass is 32.2. The van der Waals surface area contributed by atoms with Crippen molar-refractivity contribution in [3.63, 3.8) is 0 Å². The van der Waals surface area contributed by atoms with Gasteiger partial charge < -0.3 is 4.74 Å². The Morgan fingerprint density at radius 2 is 2.07 bits per heavy atom. The third-order valence-corrected chi connectivity index (χ3v) is 6.58. The molecular weight excluding hydrogens is 387 g/mol. The Labute approximate surface area is 174 Å². The van der Waals surface area contributed by atoms with Crippen LogP contribution in [0.1, 0.15) is 44.2 Å². The van der Waals surface area contributed by atoms with Gasteiger partial charge in [0.25, 0.3) is 0 Å². The highest BCUT2D eigenvalue weighted by Gasteiger charge is 2.28. The molecule has 0 spiro atoms. The zero-order chi connectivity index (χ0) is 20.2. The molecule has 1 aromatic carbocycles. The molecule has 0 bridgehead atoms. The SMILES string of the molecule is COc1ccc(CSc2nnc(-c3cccnc3)n2[C@@H]2CCCC[C@@H]2C)cc1F. The van der Waals surface area contributed by atoms with Crippen molar-refractivity contribution in [2.45, 2.75) is 49.6 Å². The number of pyridine rings is 1. The summed E-state index contributed by atoms with van der Waals surface area (Å²) in [6.45, 7) is 2.31. The van der Waals surface area contributed by atoms with Crippen molar-refractivity contribution >= 4 is 11.8 Å². The number of aromatic nitrogens is 4. The van der Waals surface area contributed by atoms with Gasteiger partial charge in [-0.15, -0.1) is 10.2 Å². The Morgan fingerprint density at radius 3 is 2.79 bits per heavy atom. The van der Waals surface area contributed by atoms with Crippen LogP contribution in [0.25, 0.3) is 11.4 Å². The van der Waals surface area contributed by atoms with Gasteiger partial charge in [0.1, 0.15) is 0 Å². The molecule has 4 rings (SSSR count). The first-order valence-electron chi connectivity index (χ1n) is 9.98. The number of nitrogens with zero attached hydrogens (tertiary/aromatic N) is 4. The Balaban J connectivity index is 1.64. The van der Waals surface area contributed by atoms with Gasteiger partial charge in [0, 0.05) is 29.8 Å². The summed E-state index contributed by atoms with van der Waals surface area (Å²) in [4.78, 5) is 4.25. The number of hydrogen-bond donors (Lipinski definition) is 0. The number of methoxy groups -OCH3 is 1. The minimum absolute atomic E-state index is 0.261. The van der Waals surface area contributed by atoms with E-state index in [0.717, 1.165) is 28.5 Å². The van der Waals surface area contributed by atoms with E-state index in [2.05, 4.69) is 26.7 Å². The molecule has 2 atom stereocenters. The van der Waals surface area contributed by atoms with Crippen LogP contribution in [0.5, 0.6) is 5.75 Å². The second-order valence-electron chi connectivity index (χ2n) is 7.50. The van der Waals surface area contributed by atoms with Crippen molar-refractivity contribution in [3.8, 4) is 17.1 Å². The number of ether oxygens (including phenoxy) is 1. The molecule has 1 aliphatic rings. The summed E-state index contributed by atoms with van der Waals surface area (Å²) in [5, 5.41) is 9.89. The molecule has 1 fully saturated rings. The molecule has 0 amide bonds. The number of halogens is 1. The first-order valence-corrected chi connectivity index (χ1v) is 11.0. The second kappa shape index (κ2) is 8.95. The first kappa shape index (κ1) is 19.9. The molecule has 0 saturated heterocycles. The van der Waals surface area contributed by atoms with Gasteiger partial charge in [-0.3, -0.25) is 9.55 Å². The van der Waals surface area contributed by atoms with Crippen molar-refractivity contribution < 1.29 is 9.13 Å². The quantitative estimate of drug-likeness (QED) is 0.498. The van der Waals surface area contributed by atoms with Crippen molar-refractivity contribution in [2.24, 2.45) is 5.92 Å². The van der Waals surface area contributed by atoms with Crippen LogP contribution in [0.3, 0.4) is 0 Å². The topological polar surface area (TPSA) is 52.8 Å². The maximum atomic E-state index is 14.0. The highest BCUT2D eigenvalue weighted by Crippen LogP contribution is 2.39. The van der Waals surface area contributed by atoms with Crippen molar-refractivity contribution in [1.29, 1.82) is 0 Å². The Kier molecular flexibility index (Phi) is 6.13. The summed E-state index contributed by atoms with van der Waals surface area (Å²) < 4.78 is 21.3. The van der Waals surface area contributed by atoms with Gasteiger partial charge >= 0.3 is 0 Å². The predicted molar refractivity (Wildman–Crippen MR) is 112 cm³/mol. The lowest BCUT2D eigenvalue weighted by molar-refractivity contribution is 0.247. The zero-order valence-corrected chi connectivity index (χ0v) is 17.5. The maximum absolute atomic E-state index is 14.0. The van der Waals surface area contributed by atoms with E-state index in [-0.39, 0.29) is 11.6 Å². The smallest absolute Gasteiger partial charge is 0.192 e. The molecule has 2 aromatic heterocycles. The van der Waals surface area contributed by atoms with Crippen LogP contribution in [-0.2, 0) is 5.75 Å². The van der Waals surface area contributed by atoms with E-state index in [4.69, 9.17) is 4.74 Å². The van der Waals surface area contributed by atoms with E-state index in [0.29, 0.717) is 17.7 Å². The number of benzene rings is 1. The summed E-state index contributed by atoms with van der Waals surface area (Å²) in [6.07, 6.45) is 8.42. The molecule has 0 unspecified atom stereocenters. The average Bonchev–Trinajstić information content (AvgIpc) is 3.17. The van der Waals surface area contributed by atoms with E-state index in [9.17, 15) is 4.39 Å². The number of thioether (sulfide) groups is 1. The predicted octanol–water partition coefficient (Wildman–Crippen LogP) is 5.53. The number of hydrogen-bond acceptors (Lipinski definition) is 5. The lowest BCUT2D eigenvalue weighted by Crippen LogP contribution is -2.22. The zero-order valence-electron chi connectivity index (χ0n) is 16.7. The second-order valence-corrected chi connectivity index (χ2v) is 8.45. The number of rotatable bonds is 6. The summed E-state index contributed by atoms with van der Waals surface area (Å²) in [5.41, 5.74) is 1.86. The normalized spacial score (nSPS) is 19.3. The van der Waals surface area contributed by atoms with E-state index in [1.807, 2.05) is 24.4 Å². The standard InChI is InChI=1S/C22H25FN4OS/c1-15-6-3-4-8-19(15)27-21(17-7-5-11-24-13-17)25-26-22(27)29-14-16-9-10-20(28-2)18(23)12-16/h5,7,9-13,15,19H,3-4,6,8,14H2,1-2H3/t15-,19+/m0/s1. The molecule has 0 N–H and O–H groups in total. The van der Waals surface area contributed by atoms with Gasteiger partial charge in [0.05, 0.1) is 7.11 Å². The van der Waals surface area contributed by atoms with Crippen LogP contribution in [-0.4, -0.2) is 26.9 Å². The van der Waals surface area contributed by atoms with Crippen molar-refractivity contribution in [3.05, 3.63) is 54.1 Å². The Hall–Kier alpha value is -2.41. The summed E-state index contributed by atoms with van der Waals surface area (Å²) in [6, 6.07) is 9.39. The molecule has 0 aliphatic heterocycles. The molecule has 152 valence electrons. The third-order valence-electron chi connectivity index (χ3n) is 5.57. The monoisotopic (exact) mass is 412 g/mol. The molecule has 1 aliphatic carbocycles. The molecule has 3 aromatic rings. The van der Waals surface area contributed by atoms with Crippen LogP contribution in [0.2, 0.25) is 0 Å². The van der Waals surface area contributed by atoms with Gasteiger partial charge in [-0.1, -0.05) is 37.6 Å². The van der Waals surface area contributed by atoms with Crippen LogP contribution in [0.15, 0.2) is 47.9 Å². The third kappa shape index (κ3) is 4.29. The van der Waals surface area contributed by atoms with Crippen molar-refractivity contribution in [1.82, 2.24) is 19.7 Å². The van der Waals surface area contributed by atoms with Crippen LogP contribution >= 0.6 is 11.8 Å². The maximum Gasteiger partial charge on any atom is 0.192 e. The van der Waals surface area contributed by atoms with Crippen molar-refractivity contribution in [2.75, 3.05) is 7.11 Å². The summed E-state index contributed by atoms with van der Waals surface area (Å²) >= 11 is 1.59. The summed E-state index contributed by atoms with van der Waals surface area (Å²) in [5.74, 6) is 1.96. The fourth-order valence-electron chi connectivity index (χ4n) is 3.99. The fourth-order valence-corrected chi connectivity index (χ4v) is 4.93. The first-order chi connectivity index (χ1) is 14.2. The van der Waals surface area contributed by atoms with Gasteiger partial charge in [0.2, 0.25) is 0 Å². The average molecular weight is 413 g/mol. The van der Waals surface area contributed by atoms with Gasteiger partial charge in [0.15, 0.2) is 22.5 Å². The molecule has 1 saturated carbocycles. The van der Waals surface area contributed by atoms with E-state index < -0.39 is 0 Å². The summed E-state index contributed by atoms with van der Waals surface area (Å²) in [7, 11) is 1.47.